The van der Waals surface area contributed by atoms with Crippen molar-refractivity contribution >= 4 is 15.8 Å². The van der Waals surface area contributed by atoms with Gasteiger partial charge in [-0.2, -0.15) is 0 Å². The number of benzene rings is 1. The fourth-order valence-corrected chi connectivity index (χ4v) is 4.66. The van der Waals surface area contributed by atoms with Crippen molar-refractivity contribution in [3.63, 3.8) is 0 Å². The molecule has 1 aromatic carbocycles. The van der Waals surface area contributed by atoms with E-state index in [1.54, 1.807) is 12.1 Å². The van der Waals surface area contributed by atoms with Crippen molar-refractivity contribution in [2.75, 3.05) is 11.5 Å². The number of ether oxygens (including phenoxy) is 1. The van der Waals surface area contributed by atoms with E-state index < -0.39 is 21.2 Å². The van der Waals surface area contributed by atoms with Crippen molar-refractivity contribution in [1.82, 2.24) is 0 Å². The lowest BCUT2D eigenvalue weighted by molar-refractivity contribution is -0.145. The minimum absolute atomic E-state index is 0.0153. The average molecular weight is 324 g/mol. The highest BCUT2D eigenvalue weighted by Gasteiger charge is 2.44. The third-order valence-electron chi connectivity index (χ3n) is 4.69. The van der Waals surface area contributed by atoms with Crippen LogP contribution in [0.1, 0.15) is 37.7 Å². The minimum Gasteiger partial charge on any atom is -0.488 e. The molecule has 5 nitrogen and oxygen atoms in total. The molecule has 3 rings (SSSR count). The van der Waals surface area contributed by atoms with Crippen molar-refractivity contribution in [1.29, 1.82) is 0 Å². The number of aliphatic carboxylic acids is 1. The number of rotatable bonds is 4. The Morgan fingerprint density at radius 3 is 2.36 bits per heavy atom. The van der Waals surface area contributed by atoms with Crippen molar-refractivity contribution in [3.05, 3.63) is 29.8 Å². The van der Waals surface area contributed by atoms with Crippen LogP contribution in [0.5, 0.6) is 5.75 Å². The predicted octanol–water partition coefficient (Wildman–Crippen LogP) is 2.15. The van der Waals surface area contributed by atoms with E-state index in [0.29, 0.717) is 24.2 Å². The van der Waals surface area contributed by atoms with Gasteiger partial charge in [0.05, 0.1) is 16.9 Å². The van der Waals surface area contributed by atoms with Crippen LogP contribution >= 0.6 is 0 Å². The van der Waals surface area contributed by atoms with Crippen LogP contribution in [0.3, 0.4) is 0 Å². The highest BCUT2D eigenvalue weighted by Crippen LogP contribution is 2.44. The second-order valence-corrected chi connectivity index (χ2v) is 8.41. The summed E-state index contributed by atoms with van der Waals surface area (Å²) in [4.78, 5) is 11.9. The molecule has 0 aromatic heterocycles. The molecule has 0 amide bonds. The molecule has 0 atom stereocenters. The molecule has 0 unspecified atom stereocenters. The number of carboxylic acids is 1. The van der Waals surface area contributed by atoms with Crippen LogP contribution in [0.4, 0.5) is 0 Å². The lowest BCUT2D eigenvalue weighted by Crippen LogP contribution is -2.46. The van der Waals surface area contributed by atoms with Crippen LogP contribution in [0, 0.1) is 0 Å². The van der Waals surface area contributed by atoms with Gasteiger partial charge in [0.1, 0.15) is 11.9 Å². The first kappa shape index (κ1) is 15.3. The Morgan fingerprint density at radius 1 is 1.14 bits per heavy atom. The number of para-hydroxylation sites is 1. The fraction of sp³-hybridized carbons (Fsp3) is 0.562. The monoisotopic (exact) mass is 324 g/mol. The van der Waals surface area contributed by atoms with Gasteiger partial charge in [-0.1, -0.05) is 37.5 Å². The second kappa shape index (κ2) is 5.57. The van der Waals surface area contributed by atoms with Crippen LogP contribution in [0.2, 0.25) is 0 Å². The van der Waals surface area contributed by atoms with Crippen molar-refractivity contribution in [2.24, 2.45) is 0 Å². The van der Waals surface area contributed by atoms with Gasteiger partial charge in [-0.3, -0.25) is 4.79 Å². The van der Waals surface area contributed by atoms with E-state index in [1.807, 2.05) is 12.1 Å². The average Bonchev–Trinajstić information content (AvgIpc) is 2.46. The molecular weight excluding hydrogens is 304 g/mol. The molecule has 1 aliphatic heterocycles. The van der Waals surface area contributed by atoms with E-state index in [2.05, 4.69) is 0 Å². The lowest BCUT2D eigenvalue weighted by Gasteiger charge is -2.36. The number of carbonyl (C=O) groups is 1. The molecule has 2 fully saturated rings. The van der Waals surface area contributed by atoms with E-state index in [-0.39, 0.29) is 17.6 Å². The zero-order valence-corrected chi connectivity index (χ0v) is 13.1. The maximum atomic E-state index is 11.9. The van der Waals surface area contributed by atoms with Gasteiger partial charge in [-0.25, -0.2) is 8.42 Å². The Kier molecular flexibility index (Phi) is 3.89. The molecule has 0 bridgehead atoms. The fourth-order valence-electron chi connectivity index (χ4n) is 3.48. The van der Waals surface area contributed by atoms with Crippen molar-refractivity contribution in [2.45, 2.75) is 43.6 Å². The largest absolute Gasteiger partial charge is 0.488 e. The molecule has 1 heterocycles. The minimum atomic E-state index is -2.96. The molecule has 1 N–H and O–H groups in total. The van der Waals surface area contributed by atoms with Crippen LogP contribution in [-0.2, 0) is 20.0 Å². The Hall–Kier alpha value is -1.56. The number of hydrogen-bond acceptors (Lipinski definition) is 4. The number of carboxylic acid groups (broad SMARTS) is 1. The lowest BCUT2D eigenvalue weighted by atomic mass is 9.69. The zero-order valence-electron chi connectivity index (χ0n) is 12.3. The van der Waals surface area contributed by atoms with Crippen LogP contribution < -0.4 is 4.74 Å². The maximum Gasteiger partial charge on any atom is 0.314 e. The van der Waals surface area contributed by atoms with Gasteiger partial charge in [0.25, 0.3) is 0 Å². The highest BCUT2D eigenvalue weighted by atomic mass is 32.2. The number of hydrogen-bond donors (Lipinski definition) is 1. The summed E-state index contributed by atoms with van der Waals surface area (Å²) in [6.45, 7) is 0. The summed E-state index contributed by atoms with van der Waals surface area (Å²) >= 11 is 0. The quantitative estimate of drug-likeness (QED) is 0.918. The van der Waals surface area contributed by atoms with E-state index in [4.69, 9.17) is 4.74 Å². The Bertz CT molecular complexity index is 662. The predicted molar refractivity (Wildman–Crippen MR) is 81.9 cm³/mol. The van der Waals surface area contributed by atoms with E-state index in [0.717, 1.165) is 19.3 Å². The molecule has 6 heteroatoms. The van der Waals surface area contributed by atoms with Gasteiger partial charge >= 0.3 is 5.97 Å². The summed E-state index contributed by atoms with van der Waals surface area (Å²) in [6, 6.07) is 7.17. The number of sulfone groups is 1. The third-order valence-corrected chi connectivity index (χ3v) is 6.45. The molecular formula is C16H20O5S. The van der Waals surface area contributed by atoms with Gasteiger partial charge in [-0.15, -0.1) is 0 Å². The van der Waals surface area contributed by atoms with Gasteiger partial charge < -0.3 is 9.84 Å². The molecule has 1 saturated heterocycles. The van der Waals surface area contributed by atoms with Crippen molar-refractivity contribution < 1.29 is 23.1 Å². The molecule has 1 aromatic rings. The van der Waals surface area contributed by atoms with Crippen LogP contribution in [-0.4, -0.2) is 37.1 Å². The normalized spacial score (nSPS) is 23.5. The summed E-state index contributed by atoms with van der Waals surface area (Å²) in [7, 11) is -2.96. The summed E-state index contributed by atoms with van der Waals surface area (Å²) in [6.07, 6.45) is 3.67. The van der Waals surface area contributed by atoms with E-state index in [9.17, 15) is 18.3 Å². The maximum absolute atomic E-state index is 11.9. The molecule has 1 aliphatic carbocycles. The topological polar surface area (TPSA) is 80.7 Å². The zero-order chi connectivity index (χ0) is 15.8. The van der Waals surface area contributed by atoms with Gasteiger partial charge in [0, 0.05) is 5.56 Å². The van der Waals surface area contributed by atoms with E-state index >= 15 is 0 Å². The molecule has 120 valence electrons. The van der Waals surface area contributed by atoms with Gasteiger partial charge in [-0.05, 0) is 18.9 Å². The van der Waals surface area contributed by atoms with Gasteiger partial charge in [0.15, 0.2) is 9.84 Å². The Morgan fingerprint density at radius 2 is 1.77 bits per heavy atom. The summed E-state index contributed by atoms with van der Waals surface area (Å²) in [5.74, 6) is -0.265. The molecule has 0 spiro atoms. The first-order chi connectivity index (χ1) is 10.4. The summed E-state index contributed by atoms with van der Waals surface area (Å²) in [5.41, 5.74) is -0.219. The molecule has 1 saturated carbocycles. The molecule has 0 radical (unpaired) electrons. The molecule has 2 aliphatic rings. The first-order valence-electron chi connectivity index (χ1n) is 7.63. The summed E-state index contributed by atoms with van der Waals surface area (Å²) in [5, 5.41) is 9.80. The smallest absolute Gasteiger partial charge is 0.314 e. The van der Waals surface area contributed by atoms with Crippen LogP contribution in [0.25, 0.3) is 0 Å². The SMILES string of the molecule is O=C(O)C1(c2ccccc2OC2CS(=O)(=O)C2)CCCCC1. The molecule has 22 heavy (non-hydrogen) atoms. The standard InChI is InChI=1S/C16H20O5S/c17-15(18)16(8-4-1-5-9-16)13-6-2-3-7-14(13)21-12-10-22(19,20)11-12/h2-3,6-7,12H,1,4-5,8-11H2,(H,17,18). The summed E-state index contributed by atoms with van der Waals surface area (Å²) < 4.78 is 28.3. The van der Waals surface area contributed by atoms with Gasteiger partial charge in [0.2, 0.25) is 0 Å². The third kappa shape index (κ3) is 2.72. The highest BCUT2D eigenvalue weighted by molar-refractivity contribution is 7.92. The Labute approximate surface area is 130 Å². The van der Waals surface area contributed by atoms with Crippen LogP contribution in [0.15, 0.2) is 24.3 Å². The van der Waals surface area contributed by atoms with E-state index in [1.165, 1.54) is 0 Å². The first-order valence-corrected chi connectivity index (χ1v) is 9.45. The second-order valence-electron chi connectivity index (χ2n) is 6.26. The Balaban J connectivity index is 1.91. The van der Waals surface area contributed by atoms with Crippen molar-refractivity contribution in [3.8, 4) is 5.75 Å².